The molecule has 0 spiro atoms. The molecule has 0 aromatic heterocycles. The van der Waals surface area contributed by atoms with E-state index < -0.39 is 11.8 Å². The second-order valence-corrected chi connectivity index (χ2v) is 7.76. The number of carbonyl (C=O) groups excluding carboxylic acids is 2. The highest BCUT2D eigenvalue weighted by atomic mass is 127. The van der Waals surface area contributed by atoms with Crippen molar-refractivity contribution in [1.82, 2.24) is 0 Å². The summed E-state index contributed by atoms with van der Waals surface area (Å²) in [5.74, 6) is -1.16. The van der Waals surface area contributed by atoms with Crippen molar-refractivity contribution in [1.29, 1.82) is 0 Å². The lowest BCUT2D eigenvalue weighted by Gasteiger charge is -2.16. The molecule has 0 saturated carbocycles. The molecular formula is C17H10Cl3IN2O2. The Balaban J connectivity index is 1.95. The van der Waals surface area contributed by atoms with Crippen LogP contribution in [0.1, 0.15) is 5.56 Å². The highest BCUT2D eigenvalue weighted by Crippen LogP contribution is 2.34. The zero-order valence-electron chi connectivity index (χ0n) is 12.7. The van der Waals surface area contributed by atoms with E-state index in [9.17, 15) is 9.59 Å². The van der Waals surface area contributed by atoms with Gasteiger partial charge in [-0.2, -0.15) is 0 Å². The third-order valence-corrected chi connectivity index (χ3v) is 5.40. The van der Waals surface area contributed by atoms with Crippen LogP contribution in [0.15, 0.2) is 47.1 Å². The van der Waals surface area contributed by atoms with Crippen LogP contribution in [0.5, 0.6) is 0 Å². The molecule has 0 unspecified atom stereocenters. The van der Waals surface area contributed by atoms with E-state index in [1.807, 2.05) is 25.1 Å². The van der Waals surface area contributed by atoms with Gasteiger partial charge in [-0.1, -0.05) is 34.8 Å². The standard InChI is InChI=1S/C17H10Cl3IN2O2/c1-8-6-9(21)2-5-13(8)22-15-14(20)16(24)23(17(15)25)10-3-4-11(18)12(19)7-10/h2-7,22H,1H3. The van der Waals surface area contributed by atoms with Gasteiger partial charge >= 0.3 is 0 Å². The van der Waals surface area contributed by atoms with Crippen LogP contribution in [-0.4, -0.2) is 11.8 Å². The quantitative estimate of drug-likeness (QED) is 0.451. The van der Waals surface area contributed by atoms with Gasteiger partial charge in [-0.05, 0) is 71.5 Å². The Bertz CT molecular complexity index is 943. The molecule has 1 N–H and O–H groups in total. The molecule has 0 atom stereocenters. The summed E-state index contributed by atoms with van der Waals surface area (Å²) in [7, 11) is 0. The molecule has 8 heteroatoms. The topological polar surface area (TPSA) is 49.4 Å². The molecule has 0 fully saturated rings. The molecule has 0 radical (unpaired) electrons. The molecule has 128 valence electrons. The first kappa shape index (κ1) is 18.5. The molecule has 1 heterocycles. The third-order valence-electron chi connectivity index (χ3n) is 3.64. The Hall–Kier alpha value is -1.28. The van der Waals surface area contributed by atoms with Crippen LogP contribution in [0.25, 0.3) is 0 Å². The number of nitrogens with one attached hydrogen (secondary N) is 1. The number of halogens is 4. The summed E-state index contributed by atoms with van der Waals surface area (Å²) in [5.41, 5.74) is 1.96. The van der Waals surface area contributed by atoms with Gasteiger partial charge in [0.1, 0.15) is 10.7 Å². The Morgan fingerprint density at radius 2 is 1.68 bits per heavy atom. The van der Waals surface area contributed by atoms with Crippen molar-refractivity contribution in [3.8, 4) is 0 Å². The van der Waals surface area contributed by atoms with E-state index in [2.05, 4.69) is 27.9 Å². The maximum atomic E-state index is 12.7. The Labute approximate surface area is 172 Å². The van der Waals surface area contributed by atoms with Crippen molar-refractivity contribution in [2.24, 2.45) is 0 Å². The van der Waals surface area contributed by atoms with Gasteiger partial charge in [0.05, 0.1) is 15.7 Å². The summed E-state index contributed by atoms with van der Waals surface area (Å²) in [6, 6.07) is 10.2. The first-order valence-electron chi connectivity index (χ1n) is 7.06. The smallest absolute Gasteiger partial charge is 0.283 e. The van der Waals surface area contributed by atoms with Gasteiger partial charge in [-0.15, -0.1) is 0 Å². The number of imide groups is 1. The van der Waals surface area contributed by atoms with Gasteiger partial charge in [0.15, 0.2) is 0 Å². The maximum absolute atomic E-state index is 12.7. The lowest BCUT2D eigenvalue weighted by Crippen LogP contribution is -2.32. The molecule has 0 bridgehead atoms. The zero-order valence-corrected chi connectivity index (χ0v) is 17.2. The molecule has 4 nitrogen and oxygen atoms in total. The Morgan fingerprint density at radius 3 is 2.32 bits per heavy atom. The summed E-state index contributed by atoms with van der Waals surface area (Å²) in [4.78, 5) is 26.1. The van der Waals surface area contributed by atoms with Crippen LogP contribution in [0.2, 0.25) is 10.0 Å². The number of hydrogen-bond acceptors (Lipinski definition) is 3. The van der Waals surface area contributed by atoms with E-state index in [1.54, 1.807) is 0 Å². The number of carbonyl (C=O) groups is 2. The van der Waals surface area contributed by atoms with Crippen molar-refractivity contribution >= 4 is 80.6 Å². The van der Waals surface area contributed by atoms with Crippen LogP contribution in [-0.2, 0) is 9.59 Å². The largest absolute Gasteiger partial charge is 0.349 e. The second-order valence-electron chi connectivity index (χ2n) is 5.32. The average Bonchev–Trinajstić information content (AvgIpc) is 2.76. The summed E-state index contributed by atoms with van der Waals surface area (Å²) < 4.78 is 1.06. The average molecular weight is 508 g/mol. The molecule has 25 heavy (non-hydrogen) atoms. The third kappa shape index (κ3) is 3.51. The predicted molar refractivity (Wildman–Crippen MR) is 109 cm³/mol. The van der Waals surface area contributed by atoms with Crippen LogP contribution in [0.3, 0.4) is 0 Å². The van der Waals surface area contributed by atoms with E-state index >= 15 is 0 Å². The zero-order chi connectivity index (χ0) is 18.3. The maximum Gasteiger partial charge on any atom is 0.283 e. The van der Waals surface area contributed by atoms with E-state index in [-0.39, 0.29) is 15.8 Å². The summed E-state index contributed by atoms with van der Waals surface area (Å²) in [6.07, 6.45) is 0. The molecule has 3 rings (SSSR count). The monoisotopic (exact) mass is 506 g/mol. The van der Waals surface area contributed by atoms with Gasteiger partial charge in [0, 0.05) is 9.26 Å². The number of nitrogens with zero attached hydrogens (tertiary/aromatic N) is 1. The van der Waals surface area contributed by atoms with Crippen LogP contribution in [0, 0.1) is 10.5 Å². The lowest BCUT2D eigenvalue weighted by molar-refractivity contribution is -0.120. The first-order valence-corrected chi connectivity index (χ1v) is 9.27. The van der Waals surface area contributed by atoms with Crippen LogP contribution < -0.4 is 10.2 Å². The predicted octanol–water partition coefficient (Wildman–Crippen LogP) is 5.34. The summed E-state index contributed by atoms with van der Waals surface area (Å²) >= 11 is 20.2. The van der Waals surface area contributed by atoms with Gasteiger partial charge in [0.2, 0.25) is 0 Å². The van der Waals surface area contributed by atoms with E-state index in [0.717, 1.165) is 14.0 Å². The fourth-order valence-electron chi connectivity index (χ4n) is 2.37. The highest BCUT2D eigenvalue weighted by molar-refractivity contribution is 14.1. The van der Waals surface area contributed by atoms with E-state index in [1.165, 1.54) is 18.2 Å². The molecule has 1 aliphatic rings. The molecule has 2 aromatic rings. The SMILES string of the molecule is Cc1cc(I)ccc1NC1=C(Cl)C(=O)N(c2ccc(Cl)c(Cl)c2)C1=O. The summed E-state index contributed by atoms with van der Waals surface area (Å²) in [6.45, 7) is 1.90. The number of aryl methyl sites for hydroxylation is 1. The second kappa shape index (κ2) is 7.15. The van der Waals surface area contributed by atoms with Gasteiger partial charge < -0.3 is 5.32 Å². The number of hydrogen-bond donors (Lipinski definition) is 1. The molecule has 1 aliphatic heterocycles. The lowest BCUT2D eigenvalue weighted by atomic mass is 10.2. The Morgan fingerprint density at radius 1 is 0.960 bits per heavy atom. The minimum Gasteiger partial charge on any atom is -0.349 e. The minimum absolute atomic E-state index is 0.0297. The van der Waals surface area contributed by atoms with E-state index in [0.29, 0.717) is 16.4 Å². The first-order chi connectivity index (χ1) is 11.8. The van der Waals surface area contributed by atoms with Crippen LogP contribution >= 0.6 is 57.4 Å². The van der Waals surface area contributed by atoms with Gasteiger partial charge in [0.25, 0.3) is 11.8 Å². The number of rotatable bonds is 3. The Kier molecular flexibility index (Phi) is 5.29. The van der Waals surface area contributed by atoms with Gasteiger partial charge in [-0.25, -0.2) is 4.90 Å². The van der Waals surface area contributed by atoms with Crippen molar-refractivity contribution in [2.45, 2.75) is 6.92 Å². The molecule has 2 amide bonds. The fourth-order valence-corrected chi connectivity index (χ4v) is 3.52. The number of benzene rings is 2. The molecule has 2 aromatic carbocycles. The van der Waals surface area contributed by atoms with Crippen LogP contribution in [0.4, 0.5) is 11.4 Å². The highest BCUT2D eigenvalue weighted by Gasteiger charge is 2.39. The normalized spacial score (nSPS) is 14.5. The van der Waals surface area contributed by atoms with Crippen molar-refractivity contribution in [3.05, 3.63) is 66.3 Å². The fraction of sp³-hybridized carbons (Fsp3) is 0.0588. The van der Waals surface area contributed by atoms with Crippen molar-refractivity contribution in [2.75, 3.05) is 10.2 Å². The van der Waals surface area contributed by atoms with Gasteiger partial charge in [-0.3, -0.25) is 9.59 Å². The number of anilines is 2. The van der Waals surface area contributed by atoms with E-state index in [4.69, 9.17) is 34.8 Å². The van der Waals surface area contributed by atoms with Crippen molar-refractivity contribution < 1.29 is 9.59 Å². The number of amides is 2. The summed E-state index contributed by atoms with van der Waals surface area (Å²) in [5, 5.41) is 3.36. The van der Waals surface area contributed by atoms with Crippen molar-refractivity contribution in [3.63, 3.8) is 0 Å². The minimum atomic E-state index is -0.615. The molecular weight excluding hydrogens is 497 g/mol. The molecule has 0 aliphatic carbocycles. The molecule has 0 saturated heterocycles.